The Hall–Kier alpha value is -2.80. The number of benzene rings is 1. The Balaban J connectivity index is 1.15. The summed E-state index contributed by atoms with van der Waals surface area (Å²) in [6, 6.07) is 11.1. The van der Waals surface area contributed by atoms with Crippen LogP contribution >= 0.6 is 11.3 Å². The number of amides is 1. The number of thiophene rings is 1. The van der Waals surface area contributed by atoms with Gasteiger partial charge in [0.1, 0.15) is 22.1 Å². The highest BCUT2D eigenvalue weighted by Gasteiger charge is 2.40. The second kappa shape index (κ2) is 7.66. The number of nitrogens with two attached hydrogens (primary N) is 1. The van der Waals surface area contributed by atoms with Gasteiger partial charge in [-0.2, -0.15) is 0 Å². The zero-order chi connectivity index (χ0) is 21.8. The van der Waals surface area contributed by atoms with Crippen LogP contribution in [-0.2, 0) is 6.42 Å². The fourth-order valence-corrected chi connectivity index (χ4v) is 6.54. The van der Waals surface area contributed by atoms with Crippen LogP contribution in [0.5, 0.6) is 5.75 Å². The molecule has 6 rings (SSSR count). The third kappa shape index (κ3) is 3.30. The fraction of sp³-hybridized carbons (Fsp3) is 0.440. The van der Waals surface area contributed by atoms with Crippen molar-refractivity contribution >= 4 is 38.8 Å². The number of hydrogen-bond donors (Lipinski definition) is 2. The summed E-state index contributed by atoms with van der Waals surface area (Å²) in [6.45, 7) is 3.58. The van der Waals surface area contributed by atoms with Crippen molar-refractivity contribution in [3.63, 3.8) is 0 Å². The van der Waals surface area contributed by atoms with Crippen molar-refractivity contribution < 1.29 is 9.53 Å². The van der Waals surface area contributed by atoms with Gasteiger partial charge in [-0.1, -0.05) is 18.9 Å². The predicted molar refractivity (Wildman–Crippen MR) is 129 cm³/mol. The highest BCUT2D eigenvalue weighted by Crippen LogP contribution is 2.42. The average Bonchev–Trinajstić information content (AvgIpc) is 3.10. The van der Waals surface area contributed by atoms with Gasteiger partial charge in [0, 0.05) is 35.4 Å². The van der Waals surface area contributed by atoms with Crippen molar-refractivity contribution in [2.45, 2.75) is 51.1 Å². The number of carbonyl (C=O) groups excluding carboxylic acids is 1. The minimum atomic E-state index is -0.152. The van der Waals surface area contributed by atoms with Gasteiger partial charge in [0.15, 0.2) is 0 Å². The molecule has 1 aromatic carbocycles. The van der Waals surface area contributed by atoms with Gasteiger partial charge in [0.2, 0.25) is 0 Å². The first-order valence-electron chi connectivity index (χ1n) is 11.6. The van der Waals surface area contributed by atoms with E-state index in [1.54, 1.807) is 0 Å². The van der Waals surface area contributed by atoms with Gasteiger partial charge in [-0.15, -0.1) is 11.3 Å². The molecule has 0 spiro atoms. The highest BCUT2D eigenvalue weighted by molar-refractivity contribution is 7.21. The average molecular weight is 449 g/mol. The second-order valence-corrected chi connectivity index (χ2v) is 10.4. The van der Waals surface area contributed by atoms with Gasteiger partial charge in [-0.3, -0.25) is 4.79 Å². The zero-order valence-electron chi connectivity index (χ0n) is 18.3. The number of anilines is 2. The predicted octanol–water partition coefficient (Wildman–Crippen LogP) is 4.30. The number of carbonyl (C=O) groups is 1. The van der Waals surface area contributed by atoms with Gasteiger partial charge in [0.25, 0.3) is 5.91 Å². The Labute approximate surface area is 191 Å². The molecule has 2 aliphatic heterocycles. The lowest BCUT2D eigenvalue weighted by Crippen LogP contribution is -2.57. The van der Waals surface area contributed by atoms with E-state index in [0.717, 1.165) is 39.6 Å². The number of nitrogens with one attached hydrogen (secondary N) is 1. The molecule has 1 saturated heterocycles. The van der Waals surface area contributed by atoms with E-state index < -0.39 is 0 Å². The molecule has 166 valence electrons. The summed E-state index contributed by atoms with van der Waals surface area (Å²) < 4.78 is 6.09. The van der Waals surface area contributed by atoms with Crippen LogP contribution in [0.25, 0.3) is 10.2 Å². The van der Waals surface area contributed by atoms with E-state index in [1.807, 2.05) is 19.1 Å². The van der Waals surface area contributed by atoms with Gasteiger partial charge < -0.3 is 20.7 Å². The molecule has 3 aliphatic rings. The van der Waals surface area contributed by atoms with Gasteiger partial charge >= 0.3 is 0 Å². The molecular formula is C25H28N4O2S. The van der Waals surface area contributed by atoms with Crippen LogP contribution in [0.4, 0.5) is 11.4 Å². The Bertz CT molecular complexity index is 1210. The third-order valence-corrected chi connectivity index (χ3v) is 8.38. The number of fused-ring (bicyclic) bond motifs is 3. The van der Waals surface area contributed by atoms with Gasteiger partial charge in [-0.25, -0.2) is 4.98 Å². The Kier molecular flexibility index (Phi) is 4.75. The van der Waals surface area contributed by atoms with E-state index in [0.29, 0.717) is 23.2 Å². The molecule has 0 radical (unpaired) electrons. The number of aryl methyl sites for hydroxylation is 1. The molecule has 3 aromatic rings. The summed E-state index contributed by atoms with van der Waals surface area (Å²) in [5, 5.41) is 3.96. The van der Waals surface area contributed by atoms with Crippen molar-refractivity contribution in [1.29, 1.82) is 0 Å². The number of nitrogens with zero attached hydrogens (tertiary/aromatic N) is 2. The van der Waals surface area contributed by atoms with Gasteiger partial charge in [-0.05, 0) is 55.9 Å². The number of rotatable bonds is 3. The van der Waals surface area contributed by atoms with E-state index in [-0.39, 0.29) is 11.9 Å². The summed E-state index contributed by atoms with van der Waals surface area (Å²) in [7, 11) is 0. The molecule has 2 fully saturated rings. The molecule has 0 unspecified atom stereocenters. The minimum Gasteiger partial charge on any atom is -0.491 e. The first-order valence-corrected chi connectivity index (χ1v) is 12.4. The smallest absolute Gasteiger partial charge is 0.263 e. The number of hydrogen-bond acceptors (Lipinski definition) is 6. The number of pyridine rings is 1. The summed E-state index contributed by atoms with van der Waals surface area (Å²) in [5.74, 6) is 1.68. The normalized spacial score (nSPS) is 24.3. The summed E-state index contributed by atoms with van der Waals surface area (Å²) in [6.07, 6.45) is 6.19. The van der Waals surface area contributed by atoms with E-state index in [4.69, 9.17) is 10.5 Å². The van der Waals surface area contributed by atoms with Crippen molar-refractivity contribution in [3.8, 4) is 5.75 Å². The summed E-state index contributed by atoms with van der Waals surface area (Å²) in [4.78, 5) is 21.3. The summed E-state index contributed by atoms with van der Waals surface area (Å²) in [5.41, 5.74) is 10.1. The maximum Gasteiger partial charge on any atom is 0.263 e. The Morgan fingerprint density at radius 2 is 2.12 bits per heavy atom. The summed E-state index contributed by atoms with van der Waals surface area (Å²) >= 11 is 1.35. The highest BCUT2D eigenvalue weighted by atomic mass is 32.1. The molecule has 1 amide bonds. The van der Waals surface area contributed by atoms with Crippen molar-refractivity contribution in [2.75, 3.05) is 23.8 Å². The standard InChI is InChI=1S/C25H28N4O2S/c1-14-6-9-19-22(26)23(32-25(19)27-14)24(30)28-17-10-15-7-8-18(11-21(15)31-13-17)29-12-16-4-2-3-5-20(16)29/h6-9,11,16-17,20H,2-5,10,12-13,26H2,1H3,(H,28,30)/t16-,17+,20-/m0/s1. The molecule has 2 aromatic heterocycles. The van der Waals surface area contributed by atoms with Crippen LogP contribution in [0.2, 0.25) is 0 Å². The molecule has 32 heavy (non-hydrogen) atoms. The van der Waals surface area contributed by atoms with Crippen molar-refractivity contribution in [3.05, 3.63) is 46.5 Å². The lowest BCUT2D eigenvalue weighted by molar-refractivity contribution is 0.0920. The van der Waals surface area contributed by atoms with Crippen LogP contribution in [0.15, 0.2) is 30.3 Å². The molecule has 1 saturated carbocycles. The minimum absolute atomic E-state index is 0.0770. The maximum atomic E-state index is 13.0. The van der Waals surface area contributed by atoms with Crippen LogP contribution in [-0.4, -0.2) is 36.1 Å². The van der Waals surface area contributed by atoms with Crippen LogP contribution in [0, 0.1) is 12.8 Å². The topological polar surface area (TPSA) is 80.5 Å². The maximum absolute atomic E-state index is 13.0. The first-order chi connectivity index (χ1) is 15.6. The molecule has 0 bridgehead atoms. The molecule has 1 aliphatic carbocycles. The first kappa shape index (κ1) is 19.9. The van der Waals surface area contributed by atoms with Crippen molar-refractivity contribution in [2.24, 2.45) is 5.92 Å². The lowest BCUT2D eigenvalue weighted by atomic mass is 9.76. The largest absolute Gasteiger partial charge is 0.491 e. The monoisotopic (exact) mass is 448 g/mol. The quantitative estimate of drug-likeness (QED) is 0.624. The van der Waals surface area contributed by atoms with Crippen molar-refractivity contribution in [1.82, 2.24) is 10.3 Å². The van der Waals surface area contributed by atoms with E-state index in [2.05, 4.69) is 33.4 Å². The third-order valence-electron chi connectivity index (χ3n) is 7.26. The van der Waals surface area contributed by atoms with E-state index in [9.17, 15) is 4.79 Å². The second-order valence-electron chi connectivity index (χ2n) is 9.39. The lowest BCUT2D eigenvalue weighted by Gasteiger charge is -2.52. The molecule has 6 nitrogen and oxygen atoms in total. The van der Waals surface area contributed by atoms with Crippen LogP contribution in [0.3, 0.4) is 0 Å². The van der Waals surface area contributed by atoms with Gasteiger partial charge in [0.05, 0.1) is 11.7 Å². The SMILES string of the molecule is Cc1ccc2c(N)c(C(=O)N[C@H]3COc4cc(N5C[C@@H]6CCCC[C@@H]65)ccc4C3)sc2n1. The van der Waals surface area contributed by atoms with Crippen LogP contribution < -0.4 is 20.7 Å². The molecule has 7 heteroatoms. The molecule has 3 N–H and O–H groups in total. The van der Waals surface area contributed by atoms with E-state index in [1.165, 1.54) is 49.3 Å². The number of aromatic nitrogens is 1. The molecular weight excluding hydrogens is 420 g/mol. The van der Waals surface area contributed by atoms with Crippen LogP contribution in [0.1, 0.15) is 46.6 Å². The Morgan fingerprint density at radius 3 is 3.00 bits per heavy atom. The molecule has 3 atom stereocenters. The zero-order valence-corrected chi connectivity index (χ0v) is 19.1. The van der Waals surface area contributed by atoms with E-state index >= 15 is 0 Å². The number of ether oxygens (including phenoxy) is 1. The molecule has 4 heterocycles. The fourth-order valence-electron chi connectivity index (χ4n) is 5.50. The number of nitrogen functional groups attached to an aromatic ring is 1. The Morgan fingerprint density at radius 1 is 1.25 bits per heavy atom.